The van der Waals surface area contributed by atoms with Crippen LogP contribution in [0.1, 0.15) is 37.9 Å². The third-order valence-corrected chi connectivity index (χ3v) is 3.94. The Morgan fingerprint density at radius 1 is 1.45 bits per heavy atom. The lowest BCUT2D eigenvalue weighted by molar-refractivity contribution is -0.385. The van der Waals surface area contributed by atoms with Gasteiger partial charge in [-0.05, 0) is 24.8 Å². The zero-order chi connectivity index (χ0) is 14.3. The zero-order valence-corrected chi connectivity index (χ0v) is 11.3. The molecule has 1 saturated heterocycles. The van der Waals surface area contributed by atoms with Crippen molar-refractivity contribution >= 4 is 11.6 Å². The molecule has 1 aromatic carbocycles. The van der Waals surface area contributed by atoms with Gasteiger partial charge in [0.05, 0.1) is 11.0 Å². The van der Waals surface area contributed by atoms with Crippen molar-refractivity contribution in [1.82, 2.24) is 10.2 Å². The summed E-state index contributed by atoms with van der Waals surface area (Å²) in [4.78, 5) is 24.7. The molecule has 1 amide bonds. The minimum atomic E-state index is -0.404. The number of benzene rings is 1. The van der Waals surface area contributed by atoms with Crippen LogP contribution < -0.4 is 5.32 Å². The van der Waals surface area contributed by atoms with Crippen LogP contribution in [0.4, 0.5) is 5.69 Å². The predicted octanol–water partition coefficient (Wildman–Crippen LogP) is 1.97. The summed E-state index contributed by atoms with van der Waals surface area (Å²) in [6.45, 7) is 1.97. The number of hydrogen-bond donors (Lipinski definition) is 1. The second-order valence-electron chi connectivity index (χ2n) is 5.36. The molecule has 1 heterocycles. The van der Waals surface area contributed by atoms with Crippen LogP contribution in [-0.4, -0.2) is 27.8 Å². The monoisotopic (exact) mass is 275 g/mol. The van der Waals surface area contributed by atoms with Crippen LogP contribution in [0.3, 0.4) is 0 Å². The Morgan fingerprint density at radius 2 is 2.20 bits per heavy atom. The minimum absolute atomic E-state index is 0.0624. The van der Waals surface area contributed by atoms with Gasteiger partial charge >= 0.3 is 0 Å². The number of carbonyl (C=O) groups is 1. The van der Waals surface area contributed by atoms with Gasteiger partial charge in [-0.2, -0.15) is 0 Å². The van der Waals surface area contributed by atoms with Gasteiger partial charge in [0.25, 0.3) is 5.69 Å². The number of hydrogen-bond acceptors (Lipinski definition) is 4. The first-order valence-electron chi connectivity index (χ1n) is 6.94. The third kappa shape index (κ3) is 2.16. The average molecular weight is 275 g/mol. The van der Waals surface area contributed by atoms with Crippen LogP contribution in [0.25, 0.3) is 0 Å². The van der Waals surface area contributed by atoms with E-state index in [2.05, 4.69) is 5.32 Å². The lowest BCUT2D eigenvalue weighted by Gasteiger charge is -2.24. The van der Waals surface area contributed by atoms with Crippen molar-refractivity contribution in [3.05, 3.63) is 39.9 Å². The summed E-state index contributed by atoms with van der Waals surface area (Å²) in [6.07, 6.45) is 2.54. The Bertz CT molecular complexity index is 556. The fraction of sp³-hybridized carbons (Fsp3) is 0.500. The topological polar surface area (TPSA) is 75.5 Å². The van der Waals surface area contributed by atoms with E-state index in [1.165, 1.54) is 6.07 Å². The van der Waals surface area contributed by atoms with Crippen molar-refractivity contribution < 1.29 is 9.72 Å². The van der Waals surface area contributed by atoms with Crippen LogP contribution in [0, 0.1) is 10.1 Å². The fourth-order valence-electron chi connectivity index (χ4n) is 2.75. The lowest BCUT2D eigenvalue weighted by Crippen LogP contribution is -2.32. The first-order valence-corrected chi connectivity index (χ1v) is 6.94. The normalized spacial score (nSPS) is 26.1. The maximum absolute atomic E-state index is 12.4. The van der Waals surface area contributed by atoms with Crippen molar-refractivity contribution in [2.45, 2.75) is 44.4 Å². The minimum Gasteiger partial charge on any atom is -0.319 e. The molecule has 2 fully saturated rings. The summed E-state index contributed by atoms with van der Waals surface area (Å²) in [5.41, 5.74) is 0.850. The van der Waals surface area contributed by atoms with Crippen molar-refractivity contribution in [3.8, 4) is 0 Å². The van der Waals surface area contributed by atoms with E-state index in [4.69, 9.17) is 0 Å². The molecule has 0 spiro atoms. The van der Waals surface area contributed by atoms with E-state index in [1.807, 2.05) is 17.9 Å². The van der Waals surface area contributed by atoms with Gasteiger partial charge in [-0.25, -0.2) is 0 Å². The van der Waals surface area contributed by atoms with E-state index in [0.29, 0.717) is 0 Å². The number of rotatable bonds is 4. The molecule has 2 aliphatic rings. The van der Waals surface area contributed by atoms with Gasteiger partial charge in [0.15, 0.2) is 0 Å². The van der Waals surface area contributed by atoms with E-state index in [9.17, 15) is 14.9 Å². The summed E-state index contributed by atoms with van der Waals surface area (Å²) in [6, 6.07) is 6.64. The summed E-state index contributed by atoms with van der Waals surface area (Å²) < 4.78 is 0. The van der Waals surface area contributed by atoms with Gasteiger partial charge in [-0.1, -0.05) is 19.1 Å². The highest BCUT2D eigenvalue weighted by Crippen LogP contribution is 2.38. The molecule has 0 aromatic heterocycles. The molecule has 1 saturated carbocycles. The van der Waals surface area contributed by atoms with Crippen LogP contribution in [0.2, 0.25) is 0 Å². The van der Waals surface area contributed by atoms with Crippen LogP contribution in [0.15, 0.2) is 24.3 Å². The molecule has 1 aromatic rings. The summed E-state index contributed by atoms with van der Waals surface area (Å²) in [7, 11) is 0. The smallest absolute Gasteiger partial charge is 0.269 e. The Hall–Kier alpha value is -1.95. The van der Waals surface area contributed by atoms with Gasteiger partial charge < -0.3 is 4.90 Å². The highest BCUT2D eigenvalue weighted by atomic mass is 16.6. The van der Waals surface area contributed by atoms with Gasteiger partial charge in [0.2, 0.25) is 5.91 Å². The van der Waals surface area contributed by atoms with Crippen LogP contribution >= 0.6 is 0 Å². The van der Waals surface area contributed by atoms with E-state index in [0.717, 1.165) is 24.8 Å². The largest absolute Gasteiger partial charge is 0.319 e. The maximum atomic E-state index is 12.4. The van der Waals surface area contributed by atoms with Gasteiger partial charge in [-0.3, -0.25) is 20.2 Å². The fourth-order valence-corrected chi connectivity index (χ4v) is 2.75. The number of nitro groups is 1. The molecule has 3 rings (SSSR count). The highest BCUT2D eigenvalue weighted by Gasteiger charge is 2.46. The van der Waals surface area contributed by atoms with Crippen molar-refractivity contribution in [2.24, 2.45) is 0 Å². The van der Waals surface area contributed by atoms with Crippen LogP contribution in [0.5, 0.6) is 0 Å². The molecule has 2 atom stereocenters. The molecule has 0 bridgehead atoms. The van der Waals surface area contributed by atoms with Gasteiger partial charge in [-0.15, -0.1) is 0 Å². The maximum Gasteiger partial charge on any atom is 0.269 e. The molecule has 2 unspecified atom stereocenters. The van der Waals surface area contributed by atoms with E-state index in [-0.39, 0.29) is 29.8 Å². The summed E-state index contributed by atoms with van der Waals surface area (Å²) in [5, 5.41) is 14.2. The number of nitrogens with one attached hydrogen (secondary N) is 1. The third-order valence-electron chi connectivity index (χ3n) is 3.94. The van der Waals surface area contributed by atoms with Gasteiger partial charge in [0.1, 0.15) is 6.17 Å². The molecule has 106 valence electrons. The Balaban J connectivity index is 1.93. The number of nitrogens with zero attached hydrogens (tertiary/aromatic N) is 2. The number of nitro benzene ring substituents is 1. The predicted molar refractivity (Wildman–Crippen MR) is 72.9 cm³/mol. The first-order chi connectivity index (χ1) is 9.61. The Morgan fingerprint density at radius 3 is 2.80 bits per heavy atom. The van der Waals surface area contributed by atoms with E-state index >= 15 is 0 Å². The average Bonchev–Trinajstić information content (AvgIpc) is 3.22. The standard InChI is InChI=1S/C14H17N3O3/c1-2-12-14(18)16(10-6-7-10)13(15-12)9-4-3-5-11(8-9)17(19)20/h3-5,8,10,12-13,15H,2,6-7H2,1H3. The summed E-state index contributed by atoms with van der Waals surface area (Å²) in [5.74, 6) is 0.117. The first kappa shape index (κ1) is 13.1. The van der Waals surface area contributed by atoms with Crippen LogP contribution in [-0.2, 0) is 4.79 Å². The van der Waals surface area contributed by atoms with Crippen molar-refractivity contribution in [1.29, 1.82) is 0 Å². The number of non-ortho nitro benzene ring substituents is 1. The molecule has 1 aliphatic heterocycles. The molecule has 1 aliphatic carbocycles. The Labute approximate surface area is 116 Å². The molecule has 6 nitrogen and oxygen atoms in total. The van der Waals surface area contributed by atoms with Crippen molar-refractivity contribution in [2.75, 3.05) is 0 Å². The second kappa shape index (κ2) is 4.86. The molecule has 1 N–H and O–H groups in total. The lowest BCUT2D eigenvalue weighted by atomic mass is 10.1. The van der Waals surface area contributed by atoms with Crippen molar-refractivity contribution in [3.63, 3.8) is 0 Å². The number of carbonyl (C=O) groups excluding carboxylic acids is 1. The molecule has 6 heteroatoms. The molecule has 20 heavy (non-hydrogen) atoms. The highest BCUT2D eigenvalue weighted by molar-refractivity contribution is 5.85. The SMILES string of the molecule is CCC1NC(c2cccc([N+](=O)[O-])c2)N(C2CC2)C1=O. The Kier molecular flexibility index (Phi) is 3.17. The number of amides is 1. The quantitative estimate of drug-likeness (QED) is 0.673. The van der Waals surface area contributed by atoms with E-state index < -0.39 is 4.92 Å². The van der Waals surface area contributed by atoms with Gasteiger partial charge in [0, 0.05) is 18.2 Å². The molecule has 0 radical (unpaired) electrons. The zero-order valence-electron chi connectivity index (χ0n) is 11.3. The molecular weight excluding hydrogens is 258 g/mol. The second-order valence-corrected chi connectivity index (χ2v) is 5.36. The summed E-state index contributed by atoms with van der Waals surface area (Å²) >= 11 is 0. The molecular formula is C14H17N3O3. The van der Waals surface area contributed by atoms with E-state index in [1.54, 1.807) is 12.1 Å².